The molecule has 3 aromatic rings. The number of aromatic amines is 1. The highest BCUT2D eigenvalue weighted by Gasteiger charge is 2.42. The van der Waals surface area contributed by atoms with Crippen molar-refractivity contribution < 1.29 is 27.9 Å². The summed E-state index contributed by atoms with van der Waals surface area (Å²) in [5.74, 6) is -2.13. The molecule has 0 radical (unpaired) electrons. The summed E-state index contributed by atoms with van der Waals surface area (Å²) in [6.45, 7) is 2.01. The second kappa shape index (κ2) is 7.85. The number of benzene rings is 2. The third kappa shape index (κ3) is 3.88. The molecule has 4 rings (SSSR count). The number of aliphatic carboxylic acids is 1. The summed E-state index contributed by atoms with van der Waals surface area (Å²) in [5, 5.41) is 13.0. The lowest BCUT2D eigenvalue weighted by Crippen LogP contribution is -2.29. The van der Waals surface area contributed by atoms with Gasteiger partial charge in [-0.15, -0.1) is 0 Å². The van der Waals surface area contributed by atoms with E-state index in [0.29, 0.717) is 12.0 Å². The van der Waals surface area contributed by atoms with Gasteiger partial charge in [-0.25, -0.2) is 0 Å². The van der Waals surface area contributed by atoms with Crippen molar-refractivity contribution in [1.29, 1.82) is 0 Å². The van der Waals surface area contributed by atoms with Gasteiger partial charge in [0, 0.05) is 22.3 Å². The van der Waals surface area contributed by atoms with E-state index in [1.165, 1.54) is 6.07 Å². The van der Waals surface area contributed by atoms with Crippen LogP contribution < -0.4 is 5.32 Å². The lowest BCUT2D eigenvalue weighted by atomic mass is 9.74. The van der Waals surface area contributed by atoms with Crippen molar-refractivity contribution in [2.75, 3.05) is 5.32 Å². The molecule has 0 spiro atoms. The number of carbonyl (C=O) groups excluding carboxylic acids is 1. The van der Waals surface area contributed by atoms with Crippen molar-refractivity contribution in [1.82, 2.24) is 4.98 Å². The Balaban J connectivity index is 1.78. The summed E-state index contributed by atoms with van der Waals surface area (Å²) in [4.78, 5) is 27.0. The van der Waals surface area contributed by atoms with Gasteiger partial charge < -0.3 is 15.4 Å². The van der Waals surface area contributed by atoms with Crippen LogP contribution in [0.5, 0.6) is 0 Å². The number of rotatable bonds is 6. The molecule has 0 aliphatic heterocycles. The summed E-state index contributed by atoms with van der Waals surface area (Å²) >= 11 is 0. The Hall–Kier alpha value is -3.55. The van der Waals surface area contributed by atoms with Crippen LogP contribution in [0, 0.1) is 0 Å². The molecule has 5 nitrogen and oxygen atoms in total. The van der Waals surface area contributed by atoms with Crippen LogP contribution in [-0.4, -0.2) is 28.1 Å². The van der Waals surface area contributed by atoms with Crippen molar-refractivity contribution >= 4 is 34.5 Å². The van der Waals surface area contributed by atoms with Crippen molar-refractivity contribution in [3.8, 4) is 0 Å². The molecule has 1 heterocycles. The maximum Gasteiger partial charge on any atom is 0.397 e. The van der Waals surface area contributed by atoms with E-state index in [1.807, 2.05) is 37.3 Å². The number of allylic oxidation sites excluding steroid dienone is 1. The number of nitrogens with one attached hydrogen (secondary N) is 2. The highest BCUT2D eigenvalue weighted by Crippen LogP contribution is 2.47. The fraction of sp³-hybridized carbons (Fsp3) is 0.250. The summed E-state index contributed by atoms with van der Waals surface area (Å²) in [5.41, 5.74) is 3.34. The number of aryl methyl sites for hydroxylation is 1. The van der Waals surface area contributed by atoms with Crippen LogP contribution in [0.15, 0.2) is 48.5 Å². The van der Waals surface area contributed by atoms with Gasteiger partial charge in [0.15, 0.2) is 0 Å². The molecule has 8 heteroatoms. The van der Waals surface area contributed by atoms with Gasteiger partial charge in [-0.05, 0) is 41.3 Å². The molecular formula is C24H21F3N2O3. The number of hydrogen-bond acceptors (Lipinski definition) is 2. The zero-order chi connectivity index (χ0) is 23.1. The van der Waals surface area contributed by atoms with Crippen LogP contribution in [-0.2, 0) is 21.4 Å². The lowest BCUT2D eigenvalue weighted by molar-refractivity contribution is -0.150. The maximum absolute atomic E-state index is 12.5. The highest BCUT2D eigenvalue weighted by atomic mass is 19.4. The Kier molecular flexibility index (Phi) is 5.32. The number of carboxylic acid groups (broad SMARTS) is 1. The first kappa shape index (κ1) is 21.7. The summed E-state index contributed by atoms with van der Waals surface area (Å²) in [6, 6.07) is 12.5. The normalized spacial score (nSPS) is 17.5. The smallest absolute Gasteiger partial charge is 0.397 e. The number of para-hydroxylation sites is 1. The monoisotopic (exact) mass is 442 g/mol. The van der Waals surface area contributed by atoms with Gasteiger partial charge in [0.05, 0.1) is 11.8 Å². The average molecular weight is 442 g/mol. The van der Waals surface area contributed by atoms with Crippen molar-refractivity contribution in [3.63, 3.8) is 0 Å². The number of fused-ring (bicyclic) bond motifs is 2. The van der Waals surface area contributed by atoms with Gasteiger partial charge >= 0.3 is 12.1 Å². The zero-order valence-corrected chi connectivity index (χ0v) is 17.2. The van der Waals surface area contributed by atoms with E-state index in [4.69, 9.17) is 0 Å². The molecule has 1 atom stereocenters. The molecule has 1 unspecified atom stereocenters. The number of anilines is 1. The van der Waals surface area contributed by atoms with Crippen LogP contribution in [0.25, 0.3) is 17.0 Å². The van der Waals surface area contributed by atoms with E-state index in [-0.39, 0.29) is 12.1 Å². The third-order valence-electron chi connectivity index (χ3n) is 5.77. The molecule has 0 saturated carbocycles. The minimum absolute atomic E-state index is 0.198. The average Bonchev–Trinajstić information content (AvgIpc) is 3.25. The molecular weight excluding hydrogens is 421 g/mol. The Morgan fingerprint density at radius 1 is 1.16 bits per heavy atom. The predicted octanol–water partition coefficient (Wildman–Crippen LogP) is 5.41. The number of amides is 1. The van der Waals surface area contributed by atoms with Crippen molar-refractivity contribution in [3.05, 3.63) is 70.9 Å². The Labute approximate surface area is 181 Å². The fourth-order valence-corrected chi connectivity index (χ4v) is 4.54. The molecule has 1 aliphatic rings. The first-order chi connectivity index (χ1) is 15.1. The molecule has 1 aliphatic carbocycles. The second-order valence-electron chi connectivity index (χ2n) is 7.90. The Morgan fingerprint density at radius 2 is 1.91 bits per heavy atom. The van der Waals surface area contributed by atoms with Crippen LogP contribution in [0.2, 0.25) is 0 Å². The number of carboxylic acids is 1. The van der Waals surface area contributed by atoms with Gasteiger partial charge in [-0.2, -0.15) is 13.2 Å². The molecule has 1 aromatic heterocycles. The molecule has 0 bridgehead atoms. The van der Waals surface area contributed by atoms with Gasteiger partial charge in [-0.1, -0.05) is 43.3 Å². The topological polar surface area (TPSA) is 82.2 Å². The van der Waals surface area contributed by atoms with Crippen LogP contribution >= 0.6 is 0 Å². The largest absolute Gasteiger partial charge is 0.481 e. The number of alkyl halides is 3. The van der Waals surface area contributed by atoms with E-state index in [9.17, 15) is 27.9 Å². The number of H-pyrrole nitrogens is 1. The van der Waals surface area contributed by atoms with Gasteiger partial charge in [0.25, 0.3) is 0 Å². The molecule has 1 amide bonds. The van der Waals surface area contributed by atoms with Crippen LogP contribution in [0.3, 0.4) is 0 Å². The number of halogens is 3. The van der Waals surface area contributed by atoms with E-state index >= 15 is 0 Å². The second-order valence-corrected chi connectivity index (χ2v) is 7.90. The Morgan fingerprint density at radius 3 is 2.59 bits per heavy atom. The zero-order valence-electron chi connectivity index (χ0n) is 17.2. The lowest BCUT2D eigenvalue weighted by Gasteiger charge is -2.28. The summed E-state index contributed by atoms with van der Waals surface area (Å²) < 4.78 is 37.4. The van der Waals surface area contributed by atoms with E-state index < -0.39 is 29.9 Å². The molecule has 166 valence electrons. The van der Waals surface area contributed by atoms with Crippen molar-refractivity contribution in [2.45, 2.75) is 37.8 Å². The molecule has 32 heavy (non-hydrogen) atoms. The van der Waals surface area contributed by atoms with Crippen LogP contribution in [0.1, 0.15) is 42.1 Å². The predicted molar refractivity (Wildman–Crippen MR) is 115 cm³/mol. The van der Waals surface area contributed by atoms with Crippen LogP contribution in [0.4, 0.5) is 18.9 Å². The maximum atomic E-state index is 12.5. The first-order valence-electron chi connectivity index (χ1n) is 10.1. The van der Waals surface area contributed by atoms with Gasteiger partial charge in [0.1, 0.15) is 6.42 Å². The number of hydrogen-bond donors (Lipinski definition) is 3. The van der Waals surface area contributed by atoms with E-state index in [2.05, 4.69) is 10.3 Å². The minimum atomic E-state index is -4.59. The SMILES string of the molecule is CCc1c(C2(CC(=O)O)C=Cc3cc(NC(=O)CC(F)(F)F)ccc32)[nH]c2ccccc12. The van der Waals surface area contributed by atoms with Crippen molar-refractivity contribution in [2.24, 2.45) is 0 Å². The standard InChI is InChI=1S/C24H21F3N2O3/c1-2-16-17-5-3-4-6-19(17)29-22(16)23(13-21(31)32)10-9-14-11-15(7-8-18(14)23)28-20(30)12-24(25,26)27/h3-11,29H,2,12-13H2,1H3,(H,28,30)(H,31,32). The fourth-order valence-electron chi connectivity index (χ4n) is 4.54. The highest BCUT2D eigenvalue weighted by molar-refractivity contribution is 5.92. The third-order valence-corrected chi connectivity index (χ3v) is 5.77. The quantitative estimate of drug-likeness (QED) is 0.478. The molecule has 3 N–H and O–H groups in total. The van der Waals surface area contributed by atoms with E-state index in [1.54, 1.807) is 18.2 Å². The summed E-state index contributed by atoms with van der Waals surface area (Å²) in [6.07, 6.45) is -2.10. The molecule has 0 fully saturated rings. The molecule has 2 aromatic carbocycles. The Bertz CT molecular complexity index is 1240. The van der Waals surface area contributed by atoms with Gasteiger partial charge in [-0.3, -0.25) is 9.59 Å². The first-order valence-corrected chi connectivity index (χ1v) is 10.1. The van der Waals surface area contributed by atoms with E-state index in [0.717, 1.165) is 27.7 Å². The minimum Gasteiger partial charge on any atom is -0.481 e. The number of aromatic nitrogens is 1. The summed E-state index contributed by atoms with van der Waals surface area (Å²) in [7, 11) is 0. The molecule has 0 saturated heterocycles. The van der Waals surface area contributed by atoms with Gasteiger partial charge in [0.2, 0.25) is 5.91 Å². The number of carbonyl (C=O) groups is 2.